The van der Waals surface area contributed by atoms with E-state index in [9.17, 15) is 14.0 Å². The normalized spacial score (nSPS) is 16.0. The Morgan fingerprint density at radius 3 is 2.36 bits per heavy atom. The predicted octanol–water partition coefficient (Wildman–Crippen LogP) is 4.73. The SMILES string of the molecule is CC(SCC(=O)Nc1ccc(F)cc1)C(=O)NC1(c2ccc(Cl)cc2)CCC1. The summed E-state index contributed by atoms with van der Waals surface area (Å²) in [4.78, 5) is 24.7. The Labute approximate surface area is 173 Å². The molecule has 0 radical (unpaired) electrons. The van der Waals surface area contributed by atoms with Crippen molar-refractivity contribution >= 4 is 40.9 Å². The largest absolute Gasteiger partial charge is 0.346 e. The van der Waals surface area contributed by atoms with Gasteiger partial charge in [0.25, 0.3) is 0 Å². The molecule has 3 rings (SSSR count). The third-order valence-electron chi connectivity index (χ3n) is 4.93. The maximum atomic E-state index is 12.9. The van der Waals surface area contributed by atoms with Gasteiger partial charge in [-0.2, -0.15) is 0 Å². The molecule has 1 aliphatic carbocycles. The lowest BCUT2D eigenvalue weighted by atomic mass is 9.71. The minimum Gasteiger partial charge on any atom is -0.346 e. The number of hydrogen-bond donors (Lipinski definition) is 2. The van der Waals surface area contributed by atoms with Gasteiger partial charge in [-0.1, -0.05) is 23.7 Å². The molecule has 0 saturated heterocycles. The number of carbonyl (C=O) groups excluding carboxylic acids is 2. The van der Waals surface area contributed by atoms with Gasteiger partial charge < -0.3 is 10.6 Å². The van der Waals surface area contributed by atoms with Crippen LogP contribution in [0.25, 0.3) is 0 Å². The number of halogens is 2. The fraction of sp³-hybridized carbons (Fsp3) is 0.333. The topological polar surface area (TPSA) is 58.2 Å². The molecule has 0 bridgehead atoms. The van der Waals surface area contributed by atoms with E-state index in [1.54, 1.807) is 6.92 Å². The second-order valence-electron chi connectivity index (χ2n) is 6.94. The van der Waals surface area contributed by atoms with Gasteiger partial charge in [-0.15, -0.1) is 11.8 Å². The minimum absolute atomic E-state index is 0.0887. The molecule has 7 heteroatoms. The number of amides is 2. The molecular weight excluding hydrogens is 399 g/mol. The first kappa shape index (κ1) is 20.7. The van der Waals surface area contributed by atoms with E-state index in [2.05, 4.69) is 10.6 Å². The molecule has 28 heavy (non-hydrogen) atoms. The Bertz CT molecular complexity index is 838. The van der Waals surface area contributed by atoms with Crippen LogP contribution in [0, 0.1) is 5.82 Å². The van der Waals surface area contributed by atoms with Crippen LogP contribution in [0.2, 0.25) is 5.02 Å². The summed E-state index contributed by atoms with van der Waals surface area (Å²) in [5.74, 6) is -0.537. The van der Waals surface area contributed by atoms with Crippen LogP contribution >= 0.6 is 23.4 Å². The molecule has 2 aromatic rings. The van der Waals surface area contributed by atoms with Crippen molar-refractivity contribution in [2.24, 2.45) is 0 Å². The summed E-state index contributed by atoms with van der Waals surface area (Å²) in [6.07, 6.45) is 2.84. The van der Waals surface area contributed by atoms with Crippen molar-refractivity contribution in [2.75, 3.05) is 11.1 Å². The van der Waals surface area contributed by atoms with Gasteiger partial charge in [-0.05, 0) is 68.1 Å². The van der Waals surface area contributed by atoms with Crippen molar-refractivity contribution in [1.82, 2.24) is 5.32 Å². The van der Waals surface area contributed by atoms with Gasteiger partial charge in [0.05, 0.1) is 16.5 Å². The van der Waals surface area contributed by atoms with Crippen molar-refractivity contribution in [1.29, 1.82) is 0 Å². The highest BCUT2D eigenvalue weighted by Gasteiger charge is 2.40. The van der Waals surface area contributed by atoms with Crippen molar-refractivity contribution in [3.05, 3.63) is 64.9 Å². The summed E-state index contributed by atoms with van der Waals surface area (Å²) in [5.41, 5.74) is 1.25. The summed E-state index contributed by atoms with van der Waals surface area (Å²) in [6, 6.07) is 13.1. The molecule has 1 atom stereocenters. The third kappa shape index (κ3) is 5.06. The molecule has 0 heterocycles. The van der Waals surface area contributed by atoms with Crippen LogP contribution in [0.4, 0.5) is 10.1 Å². The Hall–Kier alpha value is -2.05. The summed E-state index contributed by atoms with van der Waals surface area (Å²) in [5, 5.41) is 6.16. The zero-order chi connectivity index (χ0) is 20.1. The van der Waals surface area contributed by atoms with Gasteiger partial charge in [0, 0.05) is 10.7 Å². The van der Waals surface area contributed by atoms with E-state index < -0.39 is 0 Å². The fourth-order valence-corrected chi connectivity index (χ4v) is 3.94. The molecule has 4 nitrogen and oxygen atoms in total. The standard InChI is InChI=1S/C21H22ClFN2O2S/c1-14(28-13-19(26)24-18-9-7-17(23)8-10-18)20(27)25-21(11-2-12-21)15-3-5-16(22)6-4-15/h3-10,14H,2,11-13H2,1H3,(H,24,26)(H,25,27). The lowest BCUT2D eigenvalue weighted by molar-refractivity contribution is -0.123. The van der Waals surface area contributed by atoms with Gasteiger partial charge in [-0.3, -0.25) is 9.59 Å². The molecule has 2 N–H and O–H groups in total. The van der Waals surface area contributed by atoms with Crippen molar-refractivity contribution in [3.8, 4) is 0 Å². The number of thioether (sulfide) groups is 1. The Morgan fingerprint density at radius 1 is 1.14 bits per heavy atom. The van der Waals surface area contributed by atoms with E-state index in [0.717, 1.165) is 24.8 Å². The van der Waals surface area contributed by atoms with E-state index in [1.165, 1.54) is 36.0 Å². The molecular formula is C21H22ClFN2O2S. The highest BCUT2D eigenvalue weighted by Crippen LogP contribution is 2.41. The van der Waals surface area contributed by atoms with Gasteiger partial charge in [0.15, 0.2) is 0 Å². The summed E-state index contributed by atoms with van der Waals surface area (Å²) in [7, 11) is 0. The van der Waals surface area contributed by atoms with Gasteiger partial charge in [-0.25, -0.2) is 4.39 Å². The highest BCUT2D eigenvalue weighted by molar-refractivity contribution is 8.01. The van der Waals surface area contributed by atoms with Crippen molar-refractivity contribution < 1.29 is 14.0 Å². The molecule has 0 spiro atoms. The first-order valence-corrected chi connectivity index (χ1v) is 10.6. The second-order valence-corrected chi connectivity index (χ2v) is 8.71. The van der Waals surface area contributed by atoms with E-state index in [1.807, 2.05) is 24.3 Å². The van der Waals surface area contributed by atoms with Gasteiger partial charge in [0.1, 0.15) is 5.82 Å². The van der Waals surface area contributed by atoms with Crippen LogP contribution in [-0.2, 0) is 15.1 Å². The molecule has 148 valence electrons. The Kier molecular flexibility index (Phi) is 6.62. The molecule has 1 fully saturated rings. The maximum absolute atomic E-state index is 12.9. The lowest BCUT2D eigenvalue weighted by Gasteiger charge is -2.43. The molecule has 2 aromatic carbocycles. The zero-order valence-electron chi connectivity index (χ0n) is 15.5. The summed E-state index contributed by atoms with van der Waals surface area (Å²) >= 11 is 7.24. The smallest absolute Gasteiger partial charge is 0.234 e. The Balaban J connectivity index is 1.51. The molecule has 1 saturated carbocycles. The molecule has 1 unspecified atom stereocenters. The summed E-state index contributed by atoms with van der Waals surface area (Å²) in [6.45, 7) is 1.79. The molecule has 0 aliphatic heterocycles. The lowest BCUT2D eigenvalue weighted by Crippen LogP contribution is -2.52. The molecule has 1 aliphatic rings. The van der Waals surface area contributed by atoms with E-state index in [0.29, 0.717) is 10.7 Å². The van der Waals surface area contributed by atoms with Crippen LogP contribution in [-0.4, -0.2) is 22.8 Å². The fourth-order valence-electron chi connectivity index (χ4n) is 3.13. The van der Waals surface area contributed by atoms with Crippen LogP contribution < -0.4 is 10.6 Å². The van der Waals surface area contributed by atoms with E-state index >= 15 is 0 Å². The highest BCUT2D eigenvalue weighted by atomic mass is 35.5. The number of hydrogen-bond acceptors (Lipinski definition) is 3. The molecule has 2 amide bonds. The predicted molar refractivity (Wildman–Crippen MR) is 112 cm³/mol. The maximum Gasteiger partial charge on any atom is 0.234 e. The van der Waals surface area contributed by atoms with Gasteiger partial charge >= 0.3 is 0 Å². The number of rotatable bonds is 7. The van der Waals surface area contributed by atoms with Crippen LogP contribution in [0.1, 0.15) is 31.7 Å². The first-order valence-electron chi connectivity index (χ1n) is 9.13. The van der Waals surface area contributed by atoms with Crippen LogP contribution in [0.15, 0.2) is 48.5 Å². The average molecular weight is 421 g/mol. The van der Waals surface area contributed by atoms with E-state index in [-0.39, 0.29) is 34.2 Å². The van der Waals surface area contributed by atoms with Crippen molar-refractivity contribution in [3.63, 3.8) is 0 Å². The second kappa shape index (κ2) is 8.97. The van der Waals surface area contributed by atoms with Crippen LogP contribution in [0.3, 0.4) is 0 Å². The quantitative estimate of drug-likeness (QED) is 0.680. The third-order valence-corrected chi connectivity index (χ3v) is 6.32. The molecule has 0 aromatic heterocycles. The number of anilines is 1. The van der Waals surface area contributed by atoms with E-state index in [4.69, 9.17) is 11.6 Å². The minimum atomic E-state index is -0.372. The van der Waals surface area contributed by atoms with Crippen LogP contribution in [0.5, 0.6) is 0 Å². The Morgan fingerprint density at radius 2 is 1.79 bits per heavy atom. The summed E-state index contributed by atoms with van der Waals surface area (Å²) < 4.78 is 12.9. The zero-order valence-corrected chi connectivity index (χ0v) is 17.1. The number of benzene rings is 2. The first-order chi connectivity index (χ1) is 13.4. The number of nitrogens with one attached hydrogen (secondary N) is 2. The monoisotopic (exact) mass is 420 g/mol. The van der Waals surface area contributed by atoms with Crippen molar-refractivity contribution in [2.45, 2.75) is 37.0 Å². The number of carbonyl (C=O) groups is 2. The average Bonchev–Trinajstić information content (AvgIpc) is 2.65. The van der Waals surface area contributed by atoms with Gasteiger partial charge in [0.2, 0.25) is 11.8 Å².